The lowest BCUT2D eigenvalue weighted by Gasteiger charge is -2.11. The van der Waals surface area contributed by atoms with Crippen molar-refractivity contribution in [3.05, 3.63) is 33.2 Å². The molecular formula is C19H34N6S3. The molecule has 0 bridgehead atoms. The van der Waals surface area contributed by atoms with E-state index >= 15 is 0 Å². The Morgan fingerprint density at radius 3 is 1.57 bits per heavy atom. The molecule has 3 aromatic heterocycles. The van der Waals surface area contributed by atoms with Gasteiger partial charge in [-0.3, -0.25) is 0 Å². The van der Waals surface area contributed by atoms with Gasteiger partial charge in [0.05, 0.1) is 0 Å². The summed E-state index contributed by atoms with van der Waals surface area (Å²) in [4.78, 5) is 8.19. The van der Waals surface area contributed by atoms with E-state index in [9.17, 15) is 0 Å². The molecule has 0 unspecified atom stereocenters. The van der Waals surface area contributed by atoms with Crippen molar-refractivity contribution in [2.75, 3.05) is 0 Å². The third kappa shape index (κ3) is 9.75. The first-order valence-corrected chi connectivity index (χ1v) is 11.1. The number of hydrogen-bond donors (Lipinski definition) is 0. The molecule has 6 nitrogen and oxygen atoms in total. The van der Waals surface area contributed by atoms with Crippen molar-refractivity contribution < 1.29 is 0 Å². The molecule has 3 rings (SSSR count). The van der Waals surface area contributed by atoms with E-state index < -0.39 is 0 Å². The molecule has 28 heavy (non-hydrogen) atoms. The fourth-order valence-electron chi connectivity index (χ4n) is 1.50. The van der Waals surface area contributed by atoms with Crippen LogP contribution < -0.4 is 0 Å². The van der Waals surface area contributed by atoms with Crippen LogP contribution in [0.5, 0.6) is 0 Å². The average Bonchev–Trinajstić information content (AvgIpc) is 3.28. The van der Waals surface area contributed by atoms with Crippen molar-refractivity contribution in [2.45, 2.75) is 86.0 Å². The molecule has 0 amide bonds. The van der Waals surface area contributed by atoms with Gasteiger partial charge < -0.3 is 0 Å². The molecule has 0 radical (unpaired) electrons. The molecule has 0 spiro atoms. The van der Waals surface area contributed by atoms with E-state index in [1.165, 1.54) is 23.1 Å². The quantitative estimate of drug-likeness (QED) is 0.416. The number of rotatable bonds is 0. The molecule has 0 aliphatic carbocycles. The Balaban J connectivity index is 0.000000384. The van der Waals surface area contributed by atoms with E-state index in [-0.39, 0.29) is 23.7 Å². The van der Waals surface area contributed by atoms with Gasteiger partial charge in [-0.2, -0.15) is 8.75 Å². The lowest BCUT2D eigenvalue weighted by atomic mass is 9.96. The van der Waals surface area contributed by atoms with Crippen LogP contribution in [-0.2, 0) is 16.2 Å². The summed E-state index contributed by atoms with van der Waals surface area (Å²) in [6.45, 7) is 19.1. The first kappa shape index (κ1) is 26.7. The number of hydrogen-bond acceptors (Lipinski definition) is 9. The summed E-state index contributed by atoms with van der Waals surface area (Å²) < 4.78 is 8.04. The van der Waals surface area contributed by atoms with Crippen molar-refractivity contribution in [1.29, 1.82) is 0 Å². The molecule has 3 heterocycles. The first-order chi connectivity index (χ1) is 12.3. The summed E-state index contributed by atoms with van der Waals surface area (Å²) in [7, 11) is 0. The van der Waals surface area contributed by atoms with Gasteiger partial charge >= 0.3 is 0 Å². The minimum absolute atomic E-state index is 0. The van der Waals surface area contributed by atoms with E-state index in [1.54, 1.807) is 28.7 Å². The number of nitrogens with zero attached hydrogens (tertiary/aromatic N) is 6. The fraction of sp³-hybridized carbons (Fsp3) is 0.684. The topological polar surface area (TPSA) is 77.3 Å². The summed E-state index contributed by atoms with van der Waals surface area (Å²) in [6, 6.07) is 0. The summed E-state index contributed by atoms with van der Waals surface area (Å²) in [5.74, 6) is 0.938. The zero-order valence-electron chi connectivity index (χ0n) is 17.6. The van der Waals surface area contributed by atoms with E-state index in [4.69, 9.17) is 0 Å². The van der Waals surface area contributed by atoms with Crippen LogP contribution >= 0.6 is 34.4 Å². The van der Waals surface area contributed by atoms with Crippen LogP contribution in [0.4, 0.5) is 0 Å². The summed E-state index contributed by atoms with van der Waals surface area (Å²) >= 11 is 4.48. The molecule has 0 saturated carbocycles. The van der Waals surface area contributed by atoms with Crippen molar-refractivity contribution in [2.24, 2.45) is 0 Å². The minimum Gasteiger partial charge on any atom is -0.227 e. The molecule has 158 valence electrons. The van der Waals surface area contributed by atoms with Gasteiger partial charge in [0.25, 0.3) is 0 Å². The monoisotopic (exact) mass is 442 g/mol. The van der Waals surface area contributed by atoms with Gasteiger partial charge in [-0.05, 0) is 23.1 Å². The van der Waals surface area contributed by atoms with Gasteiger partial charge in [0.15, 0.2) is 0 Å². The molecule has 0 saturated heterocycles. The van der Waals surface area contributed by atoms with Gasteiger partial charge in [0.1, 0.15) is 33.2 Å². The van der Waals surface area contributed by atoms with Crippen LogP contribution in [-0.4, -0.2) is 28.9 Å². The van der Waals surface area contributed by atoms with E-state index in [0.29, 0.717) is 0 Å². The second kappa shape index (κ2) is 11.0. The highest BCUT2D eigenvalue weighted by Crippen LogP contribution is 2.22. The lowest BCUT2D eigenvalue weighted by molar-refractivity contribution is 0.555. The molecule has 0 aliphatic rings. The molecule has 3 aromatic rings. The molecule has 0 fully saturated rings. The molecule has 0 aliphatic heterocycles. The van der Waals surface area contributed by atoms with E-state index in [0.717, 1.165) is 15.8 Å². The Kier molecular flexibility index (Phi) is 10.5. The van der Waals surface area contributed by atoms with Crippen molar-refractivity contribution >= 4 is 34.4 Å². The predicted molar refractivity (Wildman–Crippen MR) is 123 cm³/mol. The van der Waals surface area contributed by atoms with Crippen molar-refractivity contribution in [1.82, 2.24) is 28.9 Å². The second-order valence-corrected chi connectivity index (χ2v) is 11.2. The van der Waals surface area contributed by atoms with Crippen LogP contribution in [0.1, 0.15) is 85.6 Å². The van der Waals surface area contributed by atoms with Gasteiger partial charge in [-0.25, -0.2) is 9.97 Å². The van der Waals surface area contributed by atoms with Crippen LogP contribution in [0.25, 0.3) is 0 Å². The Hall–Kier alpha value is -1.32. The lowest BCUT2D eigenvalue weighted by Crippen LogP contribution is -2.12. The second-order valence-electron chi connectivity index (χ2n) is 9.00. The highest BCUT2D eigenvalue weighted by molar-refractivity contribution is 7.09. The third-order valence-electron chi connectivity index (χ3n) is 3.04. The molecule has 0 atom stereocenters. The van der Waals surface area contributed by atoms with Crippen LogP contribution in [0.15, 0.2) is 17.3 Å². The van der Waals surface area contributed by atoms with Crippen molar-refractivity contribution in [3.8, 4) is 0 Å². The largest absolute Gasteiger partial charge is 0.227 e. The first-order valence-electron chi connectivity index (χ1n) is 8.62. The molecular weight excluding hydrogens is 408 g/mol. The zero-order chi connectivity index (χ0) is 20.7. The fourth-order valence-corrected chi connectivity index (χ4v) is 3.32. The standard InChI is InChI=1S/3C6H10N2S.CH4/c1-6(2,3)5-8-7-4-9-5;1-6(2,3)5-7-4-9-8-5;1-6(2,3)5-7-4-8-9-5;/h3*4H,1-3H3;1H4. The van der Waals surface area contributed by atoms with Gasteiger partial charge in [0.2, 0.25) is 0 Å². The van der Waals surface area contributed by atoms with Crippen LogP contribution in [0.3, 0.4) is 0 Å². The third-order valence-corrected chi connectivity index (χ3v) is 5.72. The van der Waals surface area contributed by atoms with Crippen LogP contribution in [0.2, 0.25) is 0 Å². The average molecular weight is 443 g/mol. The minimum atomic E-state index is 0. The normalized spacial score (nSPS) is 11.5. The Morgan fingerprint density at radius 2 is 1.36 bits per heavy atom. The maximum absolute atomic E-state index is 4.12. The Morgan fingerprint density at radius 1 is 0.750 bits per heavy atom. The predicted octanol–water partition coefficient (Wildman–Crippen LogP) is 6.14. The summed E-state index contributed by atoms with van der Waals surface area (Å²) in [5.41, 5.74) is 3.98. The van der Waals surface area contributed by atoms with E-state index in [1.807, 2.05) is 0 Å². The maximum atomic E-state index is 4.12. The van der Waals surface area contributed by atoms with Gasteiger partial charge in [-0.15, -0.1) is 21.5 Å². The summed E-state index contributed by atoms with van der Waals surface area (Å²) in [6.07, 6.45) is 1.60. The van der Waals surface area contributed by atoms with Gasteiger partial charge in [-0.1, -0.05) is 69.7 Å². The summed E-state index contributed by atoms with van der Waals surface area (Å²) in [5, 5.41) is 9.91. The SMILES string of the molecule is C.CC(C)(C)c1ncns1.CC(C)(C)c1ncsn1.CC(C)(C)c1nncs1. The van der Waals surface area contributed by atoms with Gasteiger partial charge in [0, 0.05) is 16.2 Å². The van der Waals surface area contributed by atoms with E-state index in [2.05, 4.69) is 91.2 Å². The Labute approximate surface area is 182 Å². The Bertz CT molecular complexity index is 626. The smallest absolute Gasteiger partial charge is 0.147 e. The molecule has 0 N–H and O–H groups in total. The molecule has 0 aromatic carbocycles. The maximum Gasteiger partial charge on any atom is 0.147 e. The van der Waals surface area contributed by atoms with Crippen LogP contribution in [0, 0.1) is 0 Å². The molecule has 9 heteroatoms. The highest BCUT2D eigenvalue weighted by Gasteiger charge is 2.17. The zero-order valence-corrected chi connectivity index (χ0v) is 20.1. The van der Waals surface area contributed by atoms with Crippen molar-refractivity contribution in [3.63, 3.8) is 0 Å². The highest BCUT2D eigenvalue weighted by atomic mass is 32.1. The number of aromatic nitrogens is 6.